The van der Waals surface area contributed by atoms with E-state index in [-0.39, 0.29) is 17.9 Å². The molecule has 0 saturated carbocycles. The normalized spacial score (nSPS) is 20.9. The minimum Gasteiger partial charge on any atom is -0.453 e. The van der Waals surface area contributed by atoms with E-state index in [2.05, 4.69) is 10.1 Å². The lowest BCUT2D eigenvalue weighted by molar-refractivity contribution is -0.133. The highest BCUT2D eigenvalue weighted by molar-refractivity contribution is 5.86. The second-order valence-corrected chi connectivity index (χ2v) is 4.79. The minimum atomic E-state index is -0.579. The number of ether oxygens (including phenoxy) is 2. The molecule has 1 heterocycles. The molecule has 2 amide bonds. The zero-order valence-corrected chi connectivity index (χ0v) is 11.4. The summed E-state index contributed by atoms with van der Waals surface area (Å²) in [6.07, 6.45) is 0.357. The van der Waals surface area contributed by atoms with Crippen LogP contribution in [0.3, 0.4) is 0 Å². The van der Waals surface area contributed by atoms with Crippen LogP contribution in [0.5, 0.6) is 0 Å². The molecule has 0 aromatic heterocycles. The Labute approximate surface area is 108 Å². The first-order valence-corrected chi connectivity index (χ1v) is 6.15. The maximum absolute atomic E-state index is 12.3. The van der Waals surface area contributed by atoms with E-state index >= 15 is 0 Å². The van der Waals surface area contributed by atoms with Crippen LogP contribution in [0.15, 0.2) is 0 Å². The Morgan fingerprint density at radius 2 is 2.00 bits per heavy atom. The fourth-order valence-electron chi connectivity index (χ4n) is 2.02. The van der Waals surface area contributed by atoms with E-state index in [9.17, 15) is 9.59 Å². The van der Waals surface area contributed by atoms with Gasteiger partial charge in [-0.25, -0.2) is 4.79 Å². The quantitative estimate of drug-likeness (QED) is 0.802. The SMILES string of the molecule is COC(=O)N[C@H](C(=O)N1CC[C@@H](OC)C1)C(C)C. The van der Waals surface area contributed by atoms with Crippen molar-refractivity contribution in [2.24, 2.45) is 5.92 Å². The van der Waals surface area contributed by atoms with Crippen LogP contribution in [0.25, 0.3) is 0 Å². The zero-order chi connectivity index (χ0) is 13.7. The summed E-state index contributed by atoms with van der Waals surface area (Å²) < 4.78 is 9.77. The summed E-state index contributed by atoms with van der Waals surface area (Å²) >= 11 is 0. The molecule has 0 aliphatic carbocycles. The molecule has 1 saturated heterocycles. The number of amides is 2. The molecule has 0 radical (unpaired) electrons. The Morgan fingerprint density at radius 1 is 1.33 bits per heavy atom. The van der Waals surface area contributed by atoms with E-state index in [1.807, 2.05) is 13.8 Å². The Morgan fingerprint density at radius 3 is 2.44 bits per heavy atom. The van der Waals surface area contributed by atoms with Crippen LogP contribution < -0.4 is 5.32 Å². The largest absolute Gasteiger partial charge is 0.453 e. The maximum Gasteiger partial charge on any atom is 0.407 e. The van der Waals surface area contributed by atoms with Gasteiger partial charge < -0.3 is 19.7 Å². The maximum atomic E-state index is 12.3. The topological polar surface area (TPSA) is 67.9 Å². The number of hydrogen-bond acceptors (Lipinski definition) is 4. The average molecular weight is 258 g/mol. The number of nitrogens with one attached hydrogen (secondary N) is 1. The van der Waals surface area contributed by atoms with Crippen LogP contribution >= 0.6 is 0 Å². The van der Waals surface area contributed by atoms with Crippen LogP contribution in [-0.4, -0.2) is 56.4 Å². The number of carbonyl (C=O) groups excluding carboxylic acids is 2. The monoisotopic (exact) mass is 258 g/mol. The molecule has 104 valence electrons. The summed E-state index contributed by atoms with van der Waals surface area (Å²) in [4.78, 5) is 25.3. The van der Waals surface area contributed by atoms with Crippen molar-refractivity contribution in [1.29, 1.82) is 0 Å². The average Bonchev–Trinajstić information content (AvgIpc) is 2.83. The highest BCUT2D eigenvalue weighted by Crippen LogP contribution is 2.15. The molecule has 1 aliphatic heterocycles. The number of likely N-dealkylation sites (tertiary alicyclic amines) is 1. The molecule has 0 bridgehead atoms. The van der Waals surface area contributed by atoms with Gasteiger partial charge in [0, 0.05) is 20.2 Å². The predicted octanol–water partition coefficient (Wildman–Crippen LogP) is 0.614. The van der Waals surface area contributed by atoms with Crippen molar-refractivity contribution in [3.05, 3.63) is 0 Å². The Hall–Kier alpha value is -1.30. The number of carbonyl (C=O) groups is 2. The Bertz CT molecular complexity index is 306. The molecule has 1 aliphatic rings. The molecule has 0 spiro atoms. The van der Waals surface area contributed by atoms with Gasteiger partial charge in [0.2, 0.25) is 5.91 Å². The van der Waals surface area contributed by atoms with E-state index in [4.69, 9.17) is 4.74 Å². The number of hydrogen-bond donors (Lipinski definition) is 1. The first kappa shape index (κ1) is 14.8. The van der Waals surface area contributed by atoms with Gasteiger partial charge in [-0.2, -0.15) is 0 Å². The van der Waals surface area contributed by atoms with E-state index in [1.165, 1.54) is 7.11 Å². The minimum absolute atomic E-state index is 0.0122. The fourth-order valence-corrected chi connectivity index (χ4v) is 2.02. The van der Waals surface area contributed by atoms with Crippen molar-refractivity contribution in [3.8, 4) is 0 Å². The number of alkyl carbamates (subject to hydrolysis) is 1. The molecule has 1 fully saturated rings. The van der Waals surface area contributed by atoms with Crippen molar-refractivity contribution in [3.63, 3.8) is 0 Å². The molecule has 2 atom stereocenters. The highest BCUT2D eigenvalue weighted by atomic mass is 16.5. The number of rotatable bonds is 4. The molecular weight excluding hydrogens is 236 g/mol. The first-order chi connectivity index (χ1) is 8.49. The van der Waals surface area contributed by atoms with Crippen molar-refractivity contribution < 1.29 is 19.1 Å². The number of nitrogens with zero attached hydrogens (tertiary/aromatic N) is 1. The summed E-state index contributed by atoms with van der Waals surface area (Å²) in [5, 5.41) is 2.58. The molecule has 0 aromatic rings. The summed E-state index contributed by atoms with van der Waals surface area (Å²) in [7, 11) is 2.93. The van der Waals surface area contributed by atoms with Gasteiger partial charge in [-0.1, -0.05) is 13.8 Å². The van der Waals surface area contributed by atoms with Crippen molar-refractivity contribution in [1.82, 2.24) is 10.2 Å². The van der Waals surface area contributed by atoms with Gasteiger partial charge in [0.15, 0.2) is 0 Å². The van der Waals surface area contributed by atoms with E-state index in [0.29, 0.717) is 13.1 Å². The van der Waals surface area contributed by atoms with Crippen LogP contribution in [0, 0.1) is 5.92 Å². The third kappa shape index (κ3) is 3.60. The summed E-state index contributed by atoms with van der Waals surface area (Å²) in [5.41, 5.74) is 0. The van der Waals surface area contributed by atoms with E-state index in [0.717, 1.165) is 6.42 Å². The predicted molar refractivity (Wildman–Crippen MR) is 66.2 cm³/mol. The van der Waals surface area contributed by atoms with Crippen molar-refractivity contribution in [2.45, 2.75) is 32.4 Å². The lowest BCUT2D eigenvalue weighted by Crippen LogP contribution is -2.50. The molecule has 1 rings (SSSR count). The van der Waals surface area contributed by atoms with Crippen LogP contribution in [-0.2, 0) is 14.3 Å². The lowest BCUT2D eigenvalue weighted by Gasteiger charge is -2.26. The van der Waals surface area contributed by atoms with Gasteiger partial charge in [-0.15, -0.1) is 0 Å². The smallest absolute Gasteiger partial charge is 0.407 e. The van der Waals surface area contributed by atoms with Crippen molar-refractivity contribution in [2.75, 3.05) is 27.3 Å². The summed E-state index contributed by atoms with van der Waals surface area (Å²) in [6, 6.07) is -0.548. The zero-order valence-electron chi connectivity index (χ0n) is 11.4. The summed E-state index contributed by atoms with van der Waals surface area (Å²) in [6.45, 7) is 5.04. The molecule has 0 aromatic carbocycles. The Kier molecular flexibility index (Phi) is 5.40. The van der Waals surface area contributed by atoms with Crippen LogP contribution in [0.1, 0.15) is 20.3 Å². The first-order valence-electron chi connectivity index (χ1n) is 6.15. The van der Waals surface area contributed by atoms with Gasteiger partial charge in [0.05, 0.1) is 13.2 Å². The van der Waals surface area contributed by atoms with Crippen molar-refractivity contribution >= 4 is 12.0 Å². The standard InChI is InChI=1S/C12H22N2O4/c1-8(2)10(13-12(16)18-4)11(15)14-6-5-9(7-14)17-3/h8-10H,5-7H2,1-4H3,(H,13,16)/t9-,10+/m1/s1. The number of methoxy groups -OCH3 is 2. The molecular formula is C12H22N2O4. The molecule has 1 N–H and O–H groups in total. The van der Waals surface area contributed by atoms with Gasteiger partial charge >= 0.3 is 6.09 Å². The lowest BCUT2D eigenvalue weighted by atomic mass is 10.0. The Balaban J connectivity index is 2.63. The highest BCUT2D eigenvalue weighted by Gasteiger charge is 2.33. The molecule has 6 nitrogen and oxygen atoms in total. The molecule has 6 heteroatoms. The second-order valence-electron chi connectivity index (χ2n) is 4.79. The fraction of sp³-hybridized carbons (Fsp3) is 0.833. The van der Waals surface area contributed by atoms with E-state index in [1.54, 1.807) is 12.0 Å². The molecule has 18 heavy (non-hydrogen) atoms. The third-order valence-electron chi connectivity index (χ3n) is 3.18. The second kappa shape index (κ2) is 6.58. The van der Waals surface area contributed by atoms with Gasteiger partial charge in [-0.3, -0.25) is 4.79 Å². The third-order valence-corrected chi connectivity index (χ3v) is 3.18. The van der Waals surface area contributed by atoms with Gasteiger partial charge in [-0.05, 0) is 12.3 Å². The van der Waals surface area contributed by atoms with E-state index < -0.39 is 12.1 Å². The summed E-state index contributed by atoms with van der Waals surface area (Å²) in [5.74, 6) is -0.0619. The molecule has 0 unspecified atom stereocenters. The van der Waals surface area contributed by atoms with Gasteiger partial charge in [0.1, 0.15) is 6.04 Å². The van der Waals surface area contributed by atoms with Gasteiger partial charge in [0.25, 0.3) is 0 Å². The van der Waals surface area contributed by atoms with Crippen LogP contribution in [0.4, 0.5) is 4.79 Å². The van der Waals surface area contributed by atoms with Crippen LogP contribution in [0.2, 0.25) is 0 Å².